The van der Waals surface area contributed by atoms with E-state index in [1.807, 2.05) is 55.5 Å². The average molecular weight is 334 g/mol. The Morgan fingerprint density at radius 2 is 1.88 bits per heavy atom. The molecule has 1 amide bonds. The fourth-order valence-corrected chi connectivity index (χ4v) is 2.44. The second-order valence-electron chi connectivity index (χ2n) is 5.77. The van der Waals surface area contributed by atoms with Crippen molar-refractivity contribution in [3.05, 3.63) is 76.8 Å². The fraction of sp³-hybridized carbons (Fsp3) is 0.158. The van der Waals surface area contributed by atoms with Crippen LogP contribution in [0.25, 0.3) is 11.3 Å². The second-order valence-corrected chi connectivity index (χ2v) is 5.77. The van der Waals surface area contributed by atoms with E-state index in [1.165, 1.54) is 6.20 Å². The number of hydrogen-bond donors (Lipinski definition) is 1. The molecular weight excluding hydrogens is 316 g/mol. The molecule has 0 radical (unpaired) electrons. The van der Waals surface area contributed by atoms with Crippen molar-refractivity contribution in [3.8, 4) is 11.3 Å². The third kappa shape index (κ3) is 3.80. The highest BCUT2D eigenvalue weighted by atomic mass is 16.2. The largest absolute Gasteiger partial charge is 0.365 e. The minimum atomic E-state index is -0.773. The van der Waals surface area contributed by atoms with Gasteiger partial charge in [-0.1, -0.05) is 42.5 Å². The summed E-state index contributed by atoms with van der Waals surface area (Å²) in [5.74, 6) is -0.325. The van der Waals surface area contributed by atoms with Gasteiger partial charge in [-0.25, -0.2) is 9.48 Å². The monoisotopic (exact) mass is 334 g/mol. The zero-order valence-corrected chi connectivity index (χ0v) is 14.0. The maximum Gasteiger partial charge on any atom is 0.365 e. The molecule has 1 aromatic heterocycles. The van der Waals surface area contributed by atoms with Gasteiger partial charge < -0.3 is 5.32 Å². The Bertz CT molecular complexity index is 951. The molecule has 0 fully saturated rings. The molecule has 1 atom stereocenters. The van der Waals surface area contributed by atoms with Crippen LogP contribution >= 0.6 is 0 Å². The van der Waals surface area contributed by atoms with Crippen molar-refractivity contribution < 1.29 is 4.79 Å². The quantitative estimate of drug-likeness (QED) is 0.796. The first-order valence-corrected chi connectivity index (χ1v) is 7.93. The number of carbonyl (C=O) groups is 1. The molecule has 0 saturated carbocycles. The van der Waals surface area contributed by atoms with Crippen LogP contribution in [0.2, 0.25) is 0 Å². The van der Waals surface area contributed by atoms with Crippen LogP contribution in [-0.4, -0.2) is 20.7 Å². The van der Waals surface area contributed by atoms with E-state index in [9.17, 15) is 9.59 Å². The molecule has 6 heteroatoms. The molecule has 3 aromatic rings. The first-order valence-electron chi connectivity index (χ1n) is 7.93. The first kappa shape index (κ1) is 16.6. The predicted molar refractivity (Wildman–Crippen MR) is 96.2 cm³/mol. The third-order valence-electron chi connectivity index (χ3n) is 3.82. The summed E-state index contributed by atoms with van der Waals surface area (Å²) in [6.07, 6.45) is 1.49. The summed E-state index contributed by atoms with van der Waals surface area (Å²) in [6, 6.07) is 16.0. The van der Waals surface area contributed by atoms with Crippen molar-refractivity contribution in [1.29, 1.82) is 0 Å². The number of carbonyl (C=O) groups excluding carboxylic acids is 1. The van der Waals surface area contributed by atoms with Crippen LogP contribution in [0.4, 0.5) is 5.69 Å². The van der Waals surface area contributed by atoms with Gasteiger partial charge in [0.1, 0.15) is 6.04 Å². The van der Waals surface area contributed by atoms with Crippen LogP contribution in [0.3, 0.4) is 0 Å². The first-order chi connectivity index (χ1) is 12.0. The maximum absolute atomic E-state index is 12.4. The van der Waals surface area contributed by atoms with E-state index in [4.69, 9.17) is 0 Å². The van der Waals surface area contributed by atoms with Gasteiger partial charge in [0.15, 0.2) is 0 Å². The molecule has 0 unspecified atom stereocenters. The highest BCUT2D eigenvalue weighted by molar-refractivity contribution is 5.93. The normalized spacial score (nSPS) is 11.8. The standard InChI is InChI=1S/C19H18N4O2/c1-13-7-6-10-16(11-13)21-18(24)14(2)23-19(25)22-17(12-20-23)15-8-4-3-5-9-15/h3-12,14H,1-2H3,(H,21,24)/t14-/m0/s1. The Balaban J connectivity index is 1.81. The fourth-order valence-electron chi connectivity index (χ4n) is 2.44. The van der Waals surface area contributed by atoms with Gasteiger partial charge in [0.05, 0.1) is 11.9 Å². The van der Waals surface area contributed by atoms with Crippen molar-refractivity contribution in [1.82, 2.24) is 14.8 Å². The summed E-state index contributed by atoms with van der Waals surface area (Å²) in [4.78, 5) is 28.7. The van der Waals surface area contributed by atoms with Gasteiger partial charge in [0.2, 0.25) is 5.91 Å². The predicted octanol–water partition coefficient (Wildman–Crippen LogP) is 2.81. The maximum atomic E-state index is 12.4. The van der Waals surface area contributed by atoms with Gasteiger partial charge in [0, 0.05) is 11.3 Å². The molecule has 126 valence electrons. The van der Waals surface area contributed by atoms with Gasteiger partial charge in [-0.15, -0.1) is 0 Å². The van der Waals surface area contributed by atoms with Gasteiger partial charge in [-0.05, 0) is 31.5 Å². The van der Waals surface area contributed by atoms with Crippen molar-refractivity contribution in [2.45, 2.75) is 19.9 Å². The Hall–Kier alpha value is -3.28. The molecule has 1 N–H and O–H groups in total. The van der Waals surface area contributed by atoms with Crippen LogP contribution in [0.15, 0.2) is 65.6 Å². The molecule has 0 aliphatic heterocycles. The number of hydrogen-bond acceptors (Lipinski definition) is 4. The molecule has 2 aromatic carbocycles. The Labute approximate surface area is 145 Å². The van der Waals surface area contributed by atoms with Crippen LogP contribution in [0.5, 0.6) is 0 Å². The van der Waals surface area contributed by atoms with E-state index in [2.05, 4.69) is 15.4 Å². The lowest BCUT2D eigenvalue weighted by Gasteiger charge is -2.14. The molecule has 0 bridgehead atoms. The topological polar surface area (TPSA) is 76.9 Å². The van der Waals surface area contributed by atoms with Crippen molar-refractivity contribution >= 4 is 11.6 Å². The Morgan fingerprint density at radius 3 is 2.56 bits per heavy atom. The lowest BCUT2D eigenvalue weighted by molar-refractivity contribution is -0.119. The molecule has 0 aliphatic rings. The van der Waals surface area contributed by atoms with Gasteiger partial charge in [-0.3, -0.25) is 4.79 Å². The molecule has 0 spiro atoms. The number of anilines is 1. The average Bonchev–Trinajstić information content (AvgIpc) is 2.62. The van der Waals surface area contributed by atoms with E-state index < -0.39 is 11.7 Å². The number of aromatic nitrogens is 3. The number of aryl methyl sites for hydroxylation is 1. The molecule has 25 heavy (non-hydrogen) atoms. The molecule has 3 rings (SSSR count). The van der Waals surface area contributed by atoms with Crippen LogP contribution in [0, 0.1) is 6.92 Å². The smallest absolute Gasteiger partial charge is 0.324 e. The summed E-state index contributed by atoms with van der Waals surface area (Å²) < 4.78 is 1.08. The minimum absolute atomic E-state index is 0.325. The lowest BCUT2D eigenvalue weighted by atomic mass is 10.2. The summed E-state index contributed by atoms with van der Waals surface area (Å²) in [7, 11) is 0. The molecular formula is C19H18N4O2. The van der Waals surface area contributed by atoms with Crippen LogP contribution in [0.1, 0.15) is 18.5 Å². The van der Waals surface area contributed by atoms with Crippen LogP contribution in [-0.2, 0) is 4.79 Å². The lowest BCUT2D eigenvalue weighted by Crippen LogP contribution is -2.34. The zero-order chi connectivity index (χ0) is 17.8. The second kappa shape index (κ2) is 7.09. The molecule has 6 nitrogen and oxygen atoms in total. The minimum Gasteiger partial charge on any atom is -0.324 e. The van der Waals surface area contributed by atoms with E-state index in [1.54, 1.807) is 13.0 Å². The zero-order valence-electron chi connectivity index (χ0n) is 14.0. The van der Waals surface area contributed by atoms with E-state index in [-0.39, 0.29) is 5.91 Å². The summed E-state index contributed by atoms with van der Waals surface area (Å²) in [5, 5.41) is 6.90. The summed E-state index contributed by atoms with van der Waals surface area (Å²) >= 11 is 0. The third-order valence-corrected chi connectivity index (χ3v) is 3.82. The summed E-state index contributed by atoms with van der Waals surface area (Å²) in [5.41, 5.74) is 2.44. The molecule has 0 aliphatic carbocycles. The Morgan fingerprint density at radius 1 is 1.12 bits per heavy atom. The number of nitrogens with one attached hydrogen (secondary N) is 1. The highest BCUT2D eigenvalue weighted by Gasteiger charge is 2.18. The highest BCUT2D eigenvalue weighted by Crippen LogP contribution is 2.15. The molecule has 0 saturated heterocycles. The van der Waals surface area contributed by atoms with Gasteiger partial charge in [0.25, 0.3) is 0 Å². The number of nitrogens with zero attached hydrogens (tertiary/aromatic N) is 3. The SMILES string of the molecule is Cc1cccc(NC(=O)[C@H](C)n2ncc(-c3ccccc3)nc2=O)c1. The van der Waals surface area contributed by atoms with Crippen molar-refractivity contribution in [2.24, 2.45) is 0 Å². The van der Waals surface area contributed by atoms with Crippen molar-refractivity contribution in [3.63, 3.8) is 0 Å². The van der Waals surface area contributed by atoms with E-state index in [0.717, 1.165) is 15.8 Å². The number of amides is 1. The molecule has 1 heterocycles. The number of rotatable bonds is 4. The van der Waals surface area contributed by atoms with E-state index in [0.29, 0.717) is 11.4 Å². The van der Waals surface area contributed by atoms with Crippen LogP contribution < -0.4 is 11.0 Å². The van der Waals surface area contributed by atoms with Crippen molar-refractivity contribution in [2.75, 3.05) is 5.32 Å². The summed E-state index contributed by atoms with van der Waals surface area (Å²) in [6.45, 7) is 3.56. The Kier molecular flexibility index (Phi) is 4.70. The number of benzene rings is 2. The van der Waals surface area contributed by atoms with Gasteiger partial charge in [-0.2, -0.15) is 10.1 Å². The van der Waals surface area contributed by atoms with E-state index >= 15 is 0 Å². The van der Waals surface area contributed by atoms with Gasteiger partial charge >= 0.3 is 5.69 Å².